The van der Waals surface area contributed by atoms with Crippen LogP contribution >= 0.6 is 0 Å². The van der Waals surface area contributed by atoms with E-state index in [0.29, 0.717) is 5.56 Å². The molecule has 0 atom stereocenters. The average Bonchev–Trinajstić information content (AvgIpc) is 2.91. The summed E-state index contributed by atoms with van der Waals surface area (Å²) in [6.07, 6.45) is 4.04. The van der Waals surface area contributed by atoms with E-state index in [-0.39, 0.29) is 0 Å². The number of carboxylic acids is 1. The van der Waals surface area contributed by atoms with Crippen molar-refractivity contribution in [3.63, 3.8) is 0 Å². The average molecular weight is 242 g/mol. The highest BCUT2D eigenvalue weighted by Crippen LogP contribution is 2.29. The van der Waals surface area contributed by atoms with Crippen LogP contribution in [0.1, 0.15) is 23.2 Å². The van der Waals surface area contributed by atoms with Gasteiger partial charge in [0.1, 0.15) is 5.82 Å². The molecular formula is C14H14N2O2. The quantitative estimate of drug-likeness (QED) is 0.879. The second kappa shape index (κ2) is 4.29. The number of benzene rings is 1. The molecule has 0 amide bonds. The number of carbonyl (C=O) groups is 1. The van der Waals surface area contributed by atoms with Crippen LogP contribution in [0.15, 0.2) is 30.5 Å². The summed E-state index contributed by atoms with van der Waals surface area (Å²) in [5, 5.41) is 11.0. The Bertz CT molecular complexity index is 599. The molecule has 1 aromatic carbocycles. The maximum absolute atomic E-state index is 11.3. The Labute approximate surface area is 105 Å². The highest BCUT2D eigenvalue weighted by molar-refractivity contribution is 6.08. The zero-order chi connectivity index (χ0) is 12.5. The van der Waals surface area contributed by atoms with Gasteiger partial charge in [-0.3, -0.25) is 0 Å². The smallest absolute Gasteiger partial charge is 0.336 e. The molecule has 0 unspecified atom stereocenters. The van der Waals surface area contributed by atoms with Crippen LogP contribution in [0.3, 0.4) is 0 Å². The normalized spacial score (nSPS) is 15.2. The van der Waals surface area contributed by atoms with E-state index in [9.17, 15) is 9.90 Å². The number of aromatic carboxylic acids is 1. The zero-order valence-electron chi connectivity index (χ0n) is 9.97. The van der Waals surface area contributed by atoms with E-state index in [1.165, 1.54) is 0 Å². The number of carboxylic acid groups (broad SMARTS) is 1. The highest BCUT2D eigenvalue weighted by atomic mass is 16.4. The number of hydrogen-bond donors (Lipinski definition) is 1. The van der Waals surface area contributed by atoms with Gasteiger partial charge in [0.05, 0.1) is 5.56 Å². The maximum Gasteiger partial charge on any atom is 0.336 e. The molecule has 2 heterocycles. The molecule has 0 aliphatic carbocycles. The van der Waals surface area contributed by atoms with Crippen molar-refractivity contribution in [3.05, 3.63) is 36.0 Å². The fraction of sp³-hybridized carbons (Fsp3) is 0.286. The summed E-state index contributed by atoms with van der Waals surface area (Å²) in [6, 6.07) is 7.22. The largest absolute Gasteiger partial charge is 0.478 e. The maximum atomic E-state index is 11.3. The first-order valence-corrected chi connectivity index (χ1v) is 6.13. The predicted molar refractivity (Wildman–Crippen MR) is 70.1 cm³/mol. The molecule has 1 N–H and O–H groups in total. The van der Waals surface area contributed by atoms with Crippen molar-refractivity contribution in [1.82, 2.24) is 4.98 Å². The number of fused-ring (bicyclic) bond motifs is 1. The van der Waals surface area contributed by atoms with E-state index in [0.717, 1.165) is 42.5 Å². The molecule has 4 heteroatoms. The summed E-state index contributed by atoms with van der Waals surface area (Å²) >= 11 is 0. The number of hydrogen-bond acceptors (Lipinski definition) is 3. The van der Waals surface area contributed by atoms with E-state index < -0.39 is 5.97 Å². The van der Waals surface area contributed by atoms with Crippen LogP contribution in [0.4, 0.5) is 5.82 Å². The van der Waals surface area contributed by atoms with Crippen LogP contribution in [-0.2, 0) is 0 Å². The van der Waals surface area contributed by atoms with Crippen LogP contribution in [0, 0.1) is 0 Å². The molecule has 3 rings (SSSR count). The molecule has 4 nitrogen and oxygen atoms in total. The Morgan fingerprint density at radius 3 is 2.72 bits per heavy atom. The van der Waals surface area contributed by atoms with Gasteiger partial charge in [-0.1, -0.05) is 12.1 Å². The number of anilines is 1. The molecule has 0 bridgehead atoms. The predicted octanol–water partition coefficient (Wildman–Crippen LogP) is 2.53. The Morgan fingerprint density at radius 2 is 2.00 bits per heavy atom. The van der Waals surface area contributed by atoms with Crippen LogP contribution in [0.2, 0.25) is 0 Å². The molecule has 1 saturated heterocycles. The van der Waals surface area contributed by atoms with Crippen LogP contribution in [-0.4, -0.2) is 29.1 Å². The lowest BCUT2D eigenvalue weighted by molar-refractivity contribution is 0.0699. The minimum atomic E-state index is -0.894. The van der Waals surface area contributed by atoms with Crippen LogP contribution < -0.4 is 4.90 Å². The lowest BCUT2D eigenvalue weighted by atomic mass is 10.1. The van der Waals surface area contributed by atoms with Gasteiger partial charge in [-0.2, -0.15) is 0 Å². The van der Waals surface area contributed by atoms with Crippen molar-refractivity contribution >= 4 is 22.6 Å². The van der Waals surface area contributed by atoms with Crippen molar-refractivity contribution < 1.29 is 9.90 Å². The highest BCUT2D eigenvalue weighted by Gasteiger charge is 2.19. The lowest BCUT2D eigenvalue weighted by Crippen LogP contribution is -2.19. The molecule has 1 aromatic heterocycles. The third-order valence-corrected chi connectivity index (χ3v) is 3.41. The second-order valence-electron chi connectivity index (χ2n) is 4.54. The minimum absolute atomic E-state index is 0.336. The first-order chi connectivity index (χ1) is 8.77. The summed E-state index contributed by atoms with van der Waals surface area (Å²) in [4.78, 5) is 17.9. The van der Waals surface area contributed by atoms with Gasteiger partial charge in [0.15, 0.2) is 0 Å². The van der Waals surface area contributed by atoms with Gasteiger partial charge in [0.2, 0.25) is 0 Å². The molecule has 1 aliphatic heterocycles. The monoisotopic (exact) mass is 242 g/mol. The summed E-state index contributed by atoms with van der Waals surface area (Å²) < 4.78 is 0. The molecule has 0 saturated carbocycles. The molecule has 1 aliphatic rings. The summed E-state index contributed by atoms with van der Waals surface area (Å²) in [6.45, 7) is 1.92. The van der Waals surface area contributed by atoms with Gasteiger partial charge in [-0.05, 0) is 30.4 Å². The molecule has 0 radical (unpaired) electrons. The number of nitrogens with zero attached hydrogens (tertiary/aromatic N) is 2. The molecule has 2 aromatic rings. The number of rotatable bonds is 2. The van der Waals surface area contributed by atoms with E-state index in [4.69, 9.17) is 0 Å². The summed E-state index contributed by atoms with van der Waals surface area (Å²) in [5.74, 6) is -0.0861. The Morgan fingerprint density at radius 1 is 1.22 bits per heavy atom. The first-order valence-electron chi connectivity index (χ1n) is 6.13. The summed E-state index contributed by atoms with van der Waals surface area (Å²) in [7, 11) is 0. The fourth-order valence-corrected chi connectivity index (χ4v) is 2.56. The summed E-state index contributed by atoms with van der Waals surface area (Å²) in [5.41, 5.74) is 0.336. The molecule has 92 valence electrons. The number of aromatic nitrogens is 1. The third-order valence-electron chi connectivity index (χ3n) is 3.41. The lowest BCUT2D eigenvalue weighted by Gasteiger charge is -2.19. The minimum Gasteiger partial charge on any atom is -0.478 e. The van der Waals surface area contributed by atoms with Crippen LogP contribution in [0.5, 0.6) is 0 Å². The van der Waals surface area contributed by atoms with Crippen molar-refractivity contribution in [1.29, 1.82) is 0 Å². The van der Waals surface area contributed by atoms with Gasteiger partial charge in [0.25, 0.3) is 0 Å². The standard InChI is InChI=1S/C14H14N2O2/c17-14(18)11-5-3-4-10-6-7-15-13(12(10)11)16-8-1-2-9-16/h3-7H,1-2,8-9H2,(H,17,18). The Balaban J connectivity index is 2.27. The molecule has 18 heavy (non-hydrogen) atoms. The Kier molecular flexibility index (Phi) is 2.63. The van der Waals surface area contributed by atoms with E-state index in [1.807, 2.05) is 12.1 Å². The molecule has 1 fully saturated rings. The van der Waals surface area contributed by atoms with Gasteiger partial charge in [-0.15, -0.1) is 0 Å². The zero-order valence-corrected chi connectivity index (χ0v) is 9.97. The van der Waals surface area contributed by atoms with Gasteiger partial charge < -0.3 is 10.0 Å². The van der Waals surface area contributed by atoms with E-state index in [2.05, 4.69) is 9.88 Å². The van der Waals surface area contributed by atoms with E-state index >= 15 is 0 Å². The van der Waals surface area contributed by atoms with Crippen molar-refractivity contribution in [2.45, 2.75) is 12.8 Å². The fourth-order valence-electron chi connectivity index (χ4n) is 2.56. The Hall–Kier alpha value is -2.10. The second-order valence-corrected chi connectivity index (χ2v) is 4.54. The molecule has 0 spiro atoms. The SMILES string of the molecule is O=C(O)c1cccc2ccnc(N3CCCC3)c12. The number of pyridine rings is 1. The van der Waals surface area contributed by atoms with Crippen LogP contribution in [0.25, 0.3) is 10.8 Å². The van der Waals surface area contributed by atoms with Crippen molar-refractivity contribution in [3.8, 4) is 0 Å². The van der Waals surface area contributed by atoms with Gasteiger partial charge in [0, 0.05) is 24.7 Å². The topological polar surface area (TPSA) is 53.4 Å². The molecular weight excluding hydrogens is 228 g/mol. The van der Waals surface area contributed by atoms with Gasteiger partial charge in [-0.25, -0.2) is 9.78 Å². The van der Waals surface area contributed by atoms with Gasteiger partial charge >= 0.3 is 5.97 Å². The third kappa shape index (κ3) is 1.70. The van der Waals surface area contributed by atoms with E-state index in [1.54, 1.807) is 18.3 Å². The first kappa shape index (κ1) is 11.0. The van der Waals surface area contributed by atoms with Crippen molar-refractivity contribution in [2.75, 3.05) is 18.0 Å². The van der Waals surface area contributed by atoms with Crippen molar-refractivity contribution in [2.24, 2.45) is 0 Å².